The van der Waals surface area contributed by atoms with Crippen LogP contribution in [0.15, 0.2) is 0 Å². The maximum atomic E-state index is 12.2. The van der Waals surface area contributed by atoms with E-state index in [1.807, 2.05) is 6.92 Å². The Balaban J connectivity index is 1.68. The molecule has 0 aromatic rings. The van der Waals surface area contributed by atoms with Gasteiger partial charge in [0.2, 0.25) is 5.91 Å². The molecule has 0 bridgehead atoms. The maximum Gasteiger partial charge on any atom is 0.317 e. The van der Waals surface area contributed by atoms with Crippen molar-refractivity contribution >= 4 is 17.9 Å². The molecule has 0 aromatic carbocycles. The summed E-state index contributed by atoms with van der Waals surface area (Å²) in [6, 6.07) is -0.000475. The van der Waals surface area contributed by atoms with Crippen LogP contribution in [0.5, 0.6) is 0 Å². The van der Waals surface area contributed by atoms with Gasteiger partial charge in [-0.1, -0.05) is 26.2 Å². The van der Waals surface area contributed by atoms with Crippen LogP contribution in [0.1, 0.15) is 51.9 Å². The monoisotopic (exact) mass is 339 g/mol. The van der Waals surface area contributed by atoms with Gasteiger partial charge in [0.25, 0.3) is 0 Å². The van der Waals surface area contributed by atoms with Crippen LogP contribution < -0.4 is 10.6 Å². The van der Waals surface area contributed by atoms with E-state index in [1.165, 1.54) is 19.3 Å². The van der Waals surface area contributed by atoms with E-state index in [0.29, 0.717) is 13.0 Å². The minimum Gasteiger partial charge on any atom is -0.481 e. The highest BCUT2D eigenvalue weighted by Crippen LogP contribution is 2.21. The number of likely N-dealkylation sites (tertiary alicyclic amines) is 1. The number of carboxylic acid groups (broad SMARTS) is 1. The van der Waals surface area contributed by atoms with Crippen molar-refractivity contribution in [2.75, 3.05) is 19.6 Å². The van der Waals surface area contributed by atoms with E-state index < -0.39 is 11.9 Å². The molecule has 2 aliphatic rings. The number of rotatable bonds is 5. The third-order valence-corrected chi connectivity index (χ3v) is 4.89. The first-order valence-electron chi connectivity index (χ1n) is 9.00. The zero-order valence-corrected chi connectivity index (χ0v) is 14.4. The van der Waals surface area contributed by atoms with E-state index in [1.54, 1.807) is 4.90 Å². The molecule has 2 fully saturated rings. The van der Waals surface area contributed by atoms with Crippen LogP contribution in [-0.2, 0) is 9.59 Å². The topological polar surface area (TPSA) is 98.7 Å². The van der Waals surface area contributed by atoms with Gasteiger partial charge in [0.15, 0.2) is 0 Å². The summed E-state index contributed by atoms with van der Waals surface area (Å²) in [5, 5.41) is 14.9. The van der Waals surface area contributed by atoms with Crippen molar-refractivity contribution in [2.24, 2.45) is 11.8 Å². The van der Waals surface area contributed by atoms with E-state index in [-0.39, 0.29) is 43.4 Å². The highest BCUT2D eigenvalue weighted by atomic mass is 16.4. The molecule has 1 saturated carbocycles. The predicted octanol–water partition coefficient (Wildman–Crippen LogP) is 1.58. The predicted molar refractivity (Wildman–Crippen MR) is 89.5 cm³/mol. The molecule has 1 saturated heterocycles. The van der Waals surface area contributed by atoms with Crippen molar-refractivity contribution in [2.45, 2.75) is 57.9 Å². The molecule has 7 nitrogen and oxygen atoms in total. The lowest BCUT2D eigenvalue weighted by Crippen LogP contribution is -2.50. The number of nitrogens with zero attached hydrogens (tertiary/aromatic N) is 1. The fourth-order valence-corrected chi connectivity index (χ4v) is 3.64. The molecular formula is C17H29N3O4. The molecule has 2 rings (SSSR count). The van der Waals surface area contributed by atoms with Gasteiger partial charge in [0.05, 0.1) is 5.92 Å². The largest absolute Gasteiger partial charge is 0.481 e. The number of amides is 3. The van der Waals surface area contributed by atoms with E-state index in [2.05, 4.69) is 10.6 Å². The van der Waals surface area contributed by atoms with Gasteiger partial charge in [-0.05, 0) is 25.2 Å². The molecule has 1 heterocycles. The highest BCUT2D eigenvalue weighted by molar-refractivity contribution is 5.79. The number of urea groups is 1. The van der Waals surface area contributed by atoms with Gasteiger partial charge in [-0.2, -0.15) is 0 Å². The smallest absolute Gasteiger partial charge is 0.317 e. The molecular weight excluding hydrogens is 310 g/mol. The SMILES string of the molecule is CC1CC(C(=O)O)CN(C(=O)NCCC(=O)NC2CCCCC2)C1. The van der Waals surface area contributed by atoms with Crippen molar-refractivity contribution in [1.82, 2.24) is 15.5 Å². The molecule has 24 heavy (non-hydrogen) atoms. The minimum atomic E-state index is -0.855. The molecule has 3 N–H and O–H groups in total. The van der Waals surface area contributed by atoms with Crippen molar-refractivity contribution < 1.29 is 19.5 Å². The summed E-state index contributed by atoms with van der Waals surface area (Å²) in [6.07, 6.45) is 6.52. The number of hydrogen-bond donors (Lipinski definition) is 3. The van der Waals surface area contributed by atoms with Crippen LogP contribution in [0.3, 0.4) is 0 Å². The summed E-state index contributed by atoms with van der Waals surface area (Å²) < 4.78 is 0. The summed E-state index contributed by atoms with van der Waals surface area (Å²) in [4.78, 5) is 36.8. The molecule has 3 amide bonds. The fourth-order valence-electron chi connectivity index (χ4n) is 3.64. The summed E-state index contributed by atoms with van der Waals surface area (Å²) >= 11 is 0. The second kappa shape index (κ2) is 8.89. The standard InChI is InChI=1S/C17H29N3O4/c1-12-9-13(16(22)23)11-20(10-12)17(24)18-8-7-15(21)19-14-5-3-2-4-6-14/h12-14H,2-11H2,1H3,(H,18,24)(H,19,21)(H,22,23). The lowest BCUT2D eigenvalue weighted by Gasteiger charge is -2.34. The van der Waals surface area contributed by atoms with E-state index in [0.717, 1.165) is 12.8 Å². The number of carboxylic acids is 1. The zero-order valence-electron chi connectivity index (χ0n) is 14.4. The Morgan fingerprint density at radius 2 is 1.83 bits per heavy atom. The summed E-state index contributed by atoms with van der Waals surface area (Å²) in [5.74, 6) is -1.22. The number of carbonyl (C=O) groups is 3. The van der Waals surface area contributed by atoms with Gasteiger partial charge in [-0.15, -0.1) is 0 Å². The summed E-state index contributed by atoms with van der Waals surface area (Å²) in [7, 11) is 0. The average Bonchev–Trinajstić information content (AvgIpc) is 2.55. The third-order valence-electron chi connectivity index (χ3n) is 4.89. The van der Waals surface area contributed by atoms with Gasteiger partial charge in [-0.25, -0.2) is 4.79 Å². The van der Waals surface area contributed by atoms with E-state index in [4.69, 9.17) is 5.11 Å². The summed E-state index contributed by atoms with van der Waals surface area (Å²) in [6.45, 7) is 3.02. The van der Waals surface area contributed by atoms with Crippen LogP contribution >= 0.6 is 0 Å². The van der Waals surface area contributed by atoms with Gasteiger partial charge in [-0.3, -0.25) is 9.59 Å². The first-order valence-corrected chi connectivity index (χ1v) is 9.00. The Morgan fingerprint density at radius 1 is 1.12 bits per heavy atom. The van der Waals surface area contributed by atoms with Crippen molar-refractivity contribution in [3.05, 3.63) is 0 Å². The number of piperidine rings is 1. The number of carbonyl (C=O) groups excluding carboxylic acids is 2. The molecule has 0 aromatic heterocycles. The zero-order chi connectivity index (χ0) is 17.5. The second-order valence-electron chi connectivity index (χ2n) is 7.17. The number of hydrogen-bond acceptors (Lipinski definition) is 3. The number of nitrogens with one attached hydrogen (secondary N) is 2. The van der Waals surface area contributed by atoms with Crippen LogP contribution in [0.2, 0.25) is 0 Å². The Hall–Kier alpha value is -1.79. The Labute approximate surface area is 143 Å². The minimum absolute atomic E-state index is 0.0300. The lowest BCUT2D eigenvalue weighted by atomic mass is 9.91. The first kappa shape index (κ1) is 18.5. The quantitative estimate of drug-likeness (QED) is 0.708. The molecule has 2 atom stereocenters. The van der Waals surface area contributed by atoms with Crippen LogP contribution in [0, 0.1) is 11.8 Å². The van der Waals surface area contributed by atoms with Crippen molar-refractivity contribution in [3.63, 3.8) is 0 Å². The van der Waals surface area contributed by atoms with E-state index in [9.17, 15) is 14.4 Å². The Bertz CT molecular complexity index is 463. The van der Waals surface area contributed by atoms with Gasteiger partial charge >= 0.3 is 12.0 Å². The molecule has 0 radical (unpaired) electrons. The van der Waals surface area contributed by atoms with Crippen molar-refractivity contribution in [1.29, 1.82) is 0 Å². The van der Waals surface area contributed by atoms with Crippen LogP contribution in [0.25, 0.3) is 0 Å². The first-order chi connectivity index (χ1) is 11.5. The molecule has 1 aliphatic heterocycles. The maximum absolute atomic E-state index is 12.2. The molecule has 1 aliphatic carbocycles. The average molecular weight is 339 g/mol. The molecule has 7 heteroatoms. The molecule has 2 unspecified atom stereocenters. The van der Waals surface area contributed by atoms with Gasteiger partial charge in [0, 0.05) is 32.1 Å². The Morgan fingerprint density at radius 3 is 2.50 bits per heavy atom. The fraction of sp³-hybridized carbons (Fsp3) is 0.824. The van der Waals surface area contributed by atoms with Crippen LogP contribution in [0.4, 0.5) is 4.79 Å². The highest BCUT2D eigenvalue weighted by Gasteiger charge is 2.31. The lowest BCUT2D eigenvalue weighted by molar-refractivity contribution is -0.143. The van der Waals surface area contributed by atoms with E-state index >= 15 is 0 Å². The van der Waals surface area contributed by atoms with Gasteiger partial charge in [0.1, 0.15) is 0 Å². The third kappa shape index (κ3) is 5.69. The number of aliphatic carboxylic acids is 1. The van der Waals surface area contributed by atoms with Gasteiger partial charge < -0.3 is 20.6 Å². The normalized spacial score (nSPS) is 25.1. The molecule has 136 valence electrons. The van der Waals surface area contributed by atoms with Crippen LogP contribution in [-0.4, -0.2) is 53.6 Å². The Kier molecular flexibility index (Phi) is 6.87. The summed E-state index contributed by atoms with van der Waals surface area (Å²) in [5.41, 5.74) is 0. The second-order valence-corrected chi connectivity index (χ2v) is 7.17. The van der Waals surface area contributed by atoms with Crippen molar-refractivity contribution in [3.8, 4) is 0 Å². The molecule has 0 spiro atoms.